The monoisotopic (exact) mass is 488 g/mol. The van der Waals surface area contributed by atoms with Crippen LogP contribution in [0.3, 0.4) is 0 Å². The summed E-state index contributed by atoms with van der Waals surface area (Å²) in [7, 11) is 0. The van der Waals surface area contributed by atoms with Crippen molar-refractivity contribution in [2.24, 2.45) is 0 Å². The first-order valence-corrected chi connectivity index (χ1v) is 12.2. The number of benzene rings is 3. The molecule has 0 atom stereocenters. The van der Waals surface area contributed by atoms with Gasteiger partial charge in [0.25, 0.3) is 5.56 Å². The van der Waals surface area contributed by atoms with Crippen LogP contribution in [0.1, 0.15) is 24.7 Å². The van der Waals surface area contributed by atoms with E-state index in [1.807, 2.05) is 24.3 Å². The van der Waals surface area contributed by atoms with Crippen molar-refractivity contribution in [2.45, 2.75) is 26.3 Å². The number of hydrogen-bond acceptors (Lipinski definition) is 6. The molecule has 3 aromatic carbocycles. The molecule has 6 rings (SSSR count). The van der Waals surface area contributed by atoms with Gasteiger partial charge in [-0.2, -0.15) is 10.3 Å². The van der Waals surface area contributed by atoms with Gasteiger partial charge in [0, 0.05) is 30.2 Å². The van der Waals surface area contributed by atoms with Gasteiger partial charge in [0.15, 0.2) is 0 Å². The summed E-state index contributed by atoms with van der Waals surface area (Å²) >= 11 is 0. The average Bonchev–Trinajstić information content (AvgIpc) is 3.59. The Morgan fingerprint density at radius 2 is 1.68 bits per heavy atom. The third-order valence-corrected chi connectivity index (χ3v) is 6.37. The Balaban J connectivity index is 1.32. The Hall–Kier alpha value is -4.92. The van der Waals surface area contributed by atoms with Crippen LogP contribution in [0.5, 0.6) is 0 Å². The maximum Gasteiger partial charge on any atom is 0.264 e. The van der Waals surface area contributed by atoms with Crippen LogP contribution < -0.4 is 5.56 Å². The number of imidazole rings is 1. The second-order valence-corrected chi connectivity index (χ2v) is 8.89. The van der Waals surface area contributed by atoms with Crippen LogP contribution in [0.25, 0.3) is 44.8 Å². The zero-order chi connectivity index (χ0) is 25.2. The third-order valence-electron chi connectivity index (χ3n) is 6.37. The predicted molar refractivity (Wildman–Crippen MR) is 142 cm³/mol. The van der Waals surface area contributed by atoms with Gasteiger partial charge >= 0.3 is 0 Å². The molecule has 9 heteroatoms. The first-order valence-electron chi connectivity index (χ1n) is 12.2. The molecule has 0 aliphatic carbocycles. The first kappa shape index (κ1) is 22.5. The van der Waals surface area contributed by atoms with E-state index in [9.17, 15) is 4.79 Å². The number of nitrogens with zero attached hydrogens (tertiary/aromatic N) is 6. The van der Waals surface area contributed by atoms with Gasteiger partial charge in [-0.3, -0.25) is 4.79 Å². The molecule has 182 valence electrons. The van der Waals surface area contributed by atoms with Crippen molar-refractivity contribution in [3.8, 4) is 33.8 Å². The number of H-pyrrole nitrogens is 2. The van der Waals surface area contributed by atoms with Crippen molar-refractivity contribution in [3.63, 3.8) is 0 Å². The maximum atomic E-state index is 11.4. The van der Waals surface area contributed by atoms with Crippen LogP contribution in [0, 0.1) is 0 Å². The fraction of sp³-hybridized carbons (Fsp3) is 0.143. The molecule has 0 saturated carbocycles. The average molecular weight is 489 g/mol. The molecule has 37 heavy (non-hydrogen) atoms. The highest BCUT2D eigenvalue weighted by Crippen LogP contribution is 2.27. The van der Waals surface area contributed by atoms with Gasteiger partial charge in [0.2, 0.25) is 5.82 Å². The lowest BCUT2D eigenvalue weighted by Gasteiger charge is -2.11. The van der Waals surface area contributed by atoms with E-state index in [0.29, 0.717) is 12.4 Å². The summed E-state index contributed by atoms with van der Waals surface area (Å²) in [5.41, 5.74) is 7.74. The predicted octanol–water partition coefficient (Wildman–Crippen LogP) is 4.63. The van der Waals surface area contributed by atoms with E-state index in [-0.39, 0.29) is 5.56 Å². The molecule has 3 heterocycles. The zero-order valence-electron chi connectivity index (χ0n) is 20.2. The molecule has 0 aliphatic rings. The summed E-state index contributed by atoms with van der Waals surface area (Å²) in [6.45, 7) is 2.87. The van der Waals surface area contributed by atoms with Gasteiger partial charge in [0.1, 0.15) is 5.82 Å². The number of hydrogen-bond donors (Lipinski definition) is 2. The molecule has 0 amide bonds. The van der Waals surface area contributed by atoms with E-state index >= 15 is 0 Å². The summed E-state index contributed by atoms with van der Waals surface area (Å²) in [5, 5.41) is 21.0. The second-order valence-electron chi connectivity index (χ2n) is 8.89. The summed E-state index contributed by atoms with van der Waals surface area (Å²) < 4.78 is 2.28. The van der Waals surface area contributed by atoms with Crippen molar-refractivity contribution in [1.82, 2.24) is 40.4 Å². The third kappa shape index (κ3) is 4.54. The molecule has 0 spiro atoms. The van der Waals surface area contributed by atoms with E-state index in [0.717, 1.165) is 57.6 Å². The Labute approximate surface area is 212 Å². The zero-order valence-corrected chi connectivity index (χ0v) is 20.2. The molecule has 0 radical (unpaired) electrons. The number of tetrazole rings is 1. The topological polar surface area (TPSA) is 118 Å². The Bertz CT molecular complexity index is 1710. The van der Waals surface area contributed by atoms with Crippen molar-refractivity contribution in [2.75, 3.05) is 0 Å². The number of rotatable bonds is 7. The Morgan fingerprint density at radius 3 is 2.43 bits per heavy atom. The van der Waals surface area contributed by atoms with Gasteiger partial charge in [-0.05, 0) is 52.6 Å². The van der Waals surface area contributed by atoms with Crippen LogP contribution in [0.4, 0.5) is 0 Å². The van der Waals surface area contributed by atoms with E-state index in [4.69, 9.17) is 4.98 Å². The van der Waals surface area contributed by atoms with Gasteiger partial charge < -0.3 is 4.57 Å². The minimum absolute atomic E-state index is 0.218. The number of aryl methyl sites for hydroxylation is 1. The molecule has 0 fully saturated rings. The fourth-order valence-electron chi connectivity index (χ4n) is 4.54. The smallest absolute Gasteiger partial charge is 0.264 e. The SMILES string of the molecule is CCCc1nc2ccc(-c3ccc(=O)[nH]n3)cc2n1Cc1ccc(-c2cccc(-c3nn[nH]n3)c2)cc1. The highest BCUT2D eigenvalue weighted by molar-refractivity contribution is 5.82. The van der Waals surface area contributed by atoms with Crippen LogP contribution in [-0.2, 0) is 13.0 Å². The molecule has 0 bridgehead atoms. The first-order chi connectivity index (χ1) is 18.2. The molecule has 9 nitrogen and oxygen atoms in total. The van der Waals surface area contributed by atoms with Crippen LogP contribution >= 0.6 is 0 Å². The highest BCUT2D eigenvalue weighted by atomic mass is 16.1. The summed E-state index contributed by atoms with van der Waals surface area (Å²) in [6, 6.07) is 26.0. The van der Waals surface area contributed by atoms with Crippen molar-refractivity contribution >= 4 is 11.0 Å². The lowest BCUT2D eigenvalue weighted by molar-refractivity contribution is 0.722. The lowest BCUT2D eigenvalue weighted by atomic mass is 10.0. The Morgan fingerprint density at radius 1 is 0.838 bits per heavy atom. The van der Waals surface area contributed by atoms with E-state index in [1.165, 1.54) is 11.6 Å². The van der Waals surface area contributed by atoms with Crippen molar-refractivity contribution in [1.29, 1.82) is 0 Å². The molecule has 3 aromatic heterocycles. The van der Waals surface area contributed by atoms with Crippen LogP contribution in [-0.4, -0.2) is 40.4 Å². The van der Waals surface area contributed by atoms with E-state index < -0.39 is 0 Å². The Kier molecular flexibility index (Phi) is 5.86. The van der Waals surface area contributed by atoms with E-state index in [1.54, 1.807) is 6.07 Å². The van der Waals surface area contributed by atoms with Crippen LogP contribution in [0.15, 0.2) is 83.7 Å². The van der Waals surface area contributed by atoms with Crippen molar-refractivity contribution in [3.05, 3.63) is 101 Å². The van der Waals surface area contributed by atoms with E-state index in [2.05, 4.69) is 84.8 Å². The van der Waals surface area contributed by atoms with Gasteiger partial charge in [-0.15, -0.1) is 10.2 Å². The molecule has 0 saturated heterocycles. The quantitative estimate of drug-likeness (QED) is 0.338. The normalized spacial score (nSPS) is 11.3. The van der Waals surface area contributed by atoms with Crippen molar-refractivity contribution < 1.29 is 0 Å². The fourth-order valence-corrected chi connectivity index (χ4v) is 4.54. The number of aromatic nitrogens is 8. The number of nitrogens with one attached hydrogen (secondary N) is 2. The minimum atomic E-state index is -0.218. The molecule has 0 aliphatic heterocycles. The minimum Gasteiger partial charge on any atom is -0.323 e. The number of fused-ring (bicyclic) bond motifs is 1. The van der Waals surface area contributed by atoms with Crippen LogP contribution in [0.2, 0.25) is 0 Å². The highest BCUT2D eigenvalue weighted by Gasteiger charge is 2.13. The standard InChI is InChI=1S/C28H24N8O/c1-2-4-26-29-24-12-11-21(23-13-14-27(37)31-30-23)16-25(24)36(26)17-18-7-9-19(10-8-18)20-5-3-6-22(15-20)28-32-34-35-33-28/h3,5-16H,2,4,17H2,1H3,(H,31,37)(H,32,33,34,35). The molecule has 2 N–H and O–H groups in total. The van der Waals surface area contributed by atoms with Gasteiger partial charge in [-0.1, -0.05) is 55.5 Å². The second kappa shape index (κ2) is 9.62. The maximum absolute atomic E-state index is 11.4. The largest absolute Gasteiger partial charge is 0.323 e. The molecule has 6 aromatic rings. The summed E-state index contributed by atoms with van der Waals surface area (Å²) in [5.74, 6) is 1.63. The van der Waals surface area contributed by atoms with Gasteiger partial charge in [0.05, 0.1) is 16.7 Å². The lowest BCUT2D eigenvalue weighted by Crippen LogP contribution is -2.06. The number of aromatic amines is 2. The van der Waals surface area contributed by atoms with Gasteiger partial charge in [-0.25, -0.2) is 10.1 Å². The molecule has 0 unspecified atom stereocenters. The molecular formula is C28H24N8O. The summed E-state index contributed by atoms with van der Waals surface area (Å²) in [6.07, 6.45) is 1.90. The summed E-state index contributed by atoms with van der Waals surface area (Å²) in [4.78, 5) is 16.4. The molecular weight excluding hydrogens is 464 g/mol.